The summed E-state index contributed by atoms with van der Waals surface area (Å²) in [6, 6.07) is 0. The molecule has 6 nitrogen and oxygen atoms in total. The van der Waals surface area contributed by atoms with Crippen LogP contribution in [-0.2, 0) is 14.3 Å². The zero-order valence-corrected chi connectivity index (χ0v) is 10.0. The monoisotopic (exact) mass is 232 g/mol. The first kappa shape index (κ1) is 14.7. The number of carbonyl (C=O) groups is 2. The second-order valence-corrected chi connectivity index (χ2v) is 3.70. The first-order valence-electron chi connectivity index (χ1n) is 5.22. The molecule has 2 N–H and O–H groups in total. The number of alkyl carbamates (subject to hydrolysis) is 1. The molecule has 0 aliphatic rings. The molecule has 0 aliphatic heterocycles. The number of hydrogen-bond donors (Lipinski definition) is 2. The molecule has 0 aromatic carbocycles. The Balaban J connectivity index is 3.37. The second kappa shape index (κ2) is 8.96. The van der Waals surface area contributed by atoms with E-state index in [4.69, 9.17) is 4.74 Å². The van der Waals surface area contributed by atoms with E-state index in [1.165, 1.54) is 7.11 Å². The fraction of sp³-hybridized carbons (Fsp3) is 0.800. The topological polar surface area (TPSA) is 76.7 Å². The van der Waals surface area contributed by atoms with Crippen molar-refractivity contribution in [3.8, 4) is 0 Å². The van der Waals surface area contributed by atoms with Crippen LogP contribution in [0.3, 0.4) is 0 Å². The van der Waals surface area contributed by atoms with Crippen molar-refractivity contribution < 1.29 is 19.1 Å². The largest absolute Gasteiger partial charge is 0.449 e. The molecule has 0 bridgehead atoms. The quantitative estimate of drug-likeness (QED) is 0.612. The van der Waals surface area contributed by atoms with Gasteiger partial charge in [0.25, 0.3) is 0 Å². The van der Waals surface area contributed by atoms with Gasteiger partial charge >= 0.3 is 6.09 Å². The van der Waals surface area contributed by atoms with Crippen LogP contribution in [0.2, 0.25) is 0 Å². The van der Waals surface area contributed by atoms with Crippen LogP contribution in [0.1, 0.15) is 13.8 Å². The lowest BCUT2D eigenvalue weighted by atomic mass is 10.2. The summed E-state index contributed by atoms with van der Waals surface area (Å²) in [5, 5.41) is 5.09. The van der Waals surface area contributed by atoms with Gasteiger partial charge in [-0.05, 0) is 5.92 Å². The molecular weight excluding hydrogens is 212 g/mol. The molecule has 0 radical (unpaired) electrons. The molecule has 0 aromatic rings. The normalized spacial score (nSPS) is 10.0. The second-order valence-electron chi connectivity index (χ2n) is 3.70. The molecular formula is C10H20N2O4. The Kier molecular flexibility index (Phi) is 8.24. The number of nitrogens with one attached hydrogen (secondary N) is 2. The van der Waals surface area contributed by atoms with E-state index in [0.717, 1.165) is 0 Å². The summed E-state index contributed by atoms with van der Waals surface area (Å²) in [6.07, 6.45) is -0.463. The molecule has 94 valence electrons. The summed E-state index contributed by atoms with van der Waals surface area (Å²) in [5.74, 6) is 0.104. The van der Waals surface area contributed by atoms with E-state index >= 15 is 0 Å². The Labute approximate surface area is 95.7 Å². The number of hydrogen-bond acceptors (Lipinski definition) is 4. The van der Waals surface area contributed by atoms with Gasteiger partial charge in [-0.1, -0.05) is 13.8 Å². The lowest BCUT2D eigenvalue weighted by molar-refractivity contribution is -0.124. The third-order valence-corrected chi connectivity index (χ3v) is 1.54. The van der Waals surface area contributed by atoms with Gasteiger partial charge in [-0.15, -0.1) is 0 Å². The average molecular weight is 232 g/mol. The van der Waals surface area contributed by atoms with Crippen molar-refractivity contribution in [1.29, 1.82) is 0 Å². The Morgan fingerprint density at radius 3 is 2.38 bits per heavy atom. The van der Waals surface area contributed by atoms with E-state index in [1.54, 1.807) is 0 Å². The van der Waals surface area contributed by atoms with E-state index in [1.807, 2.05) is 13.8 Å². The van der Waals surface area contributed by atoms with Crippen molar-refractivity contribution in [2.75, 3.05) is 33.4 Å². The smallest absolute Gasteiger partial charge is 0.407 e. The fourth-order valence-electron chi connectivity index (χ4n) is 0.842. The van der Waals surface area contributed by atoms with E-state index in [-0.39, 0.29) is 12.5 Å². The van der Waals surface area contributed by atoms with Crippen LogP contribution >= 0.6 is 0 Å². The molecule has 0 fully saturated rings. The molecule has 2 amide bonds. The van der Waals surface area contributed by atoms with Crippen molar-refractivity contribution in [3.05, 3.63) is 0 Å². The number of rotatable bonds is 7. The van der Waals surface area contributed by atoms with Crippen LogP contribution in [-0.4, -0.2) is 45.4 Å². The predicted molar refractivity (Wildman–Crippen MR) is 59.1 cm³/mol. The Bertz CT molecular complexity index is 219. The van der Waals surface area contributed by atoms with Gasteiger partial charge in [-0.3, -0.25) is 4.79 Å². The maximum atomic E-state index is 11.0. The highest BCUT2D eigenvalue weighted by atomic mass is 16.5. The predicted octanol–water partition coefficient (Wildman–Crippen LogP) is 0.131. The summed E-state index contributed by atoms with van der Waals surface area (Å²) < 4.78 is 9.49. The highest BCUT2D eigenvalue weighted by Crippen LogP contribution is 1.91. The van der Waals surface area contributed by atoms with E-state index in [9.17, 15) is 9.59 Å². The summed E-state index contributed by atoms with van der Waals surface area (Å²) in [7, 11) is 1.45. The first-order chi connectivity index (χ1) is 7.56. The first-order valence-corrected chi connectivity index (χ1v) is 5.22. The average Bonchev–Trinajstić information content (AvgIpc) is 2.22. The lowest BCUT2D eigenvalue weighted by Gasteiger charge is -2.09. The maximum absolute atomic E-state index is 11.0. The number of ether oxygens (including phenoxy) is 2. The molecule has 0 saturated carbocycles. The van der Waals surface area contributed by atoms with Gasteiger partial charge in [-0.25, -0.2) is 4.79 Å². The Hall–Kier alpha value is -1.30. The molecule has 16 heavy (non-hydrogen) atoms. The molecule has 0 spiro atoms. The van der Waals surface area contributed by atoms with Gasteiger partial charge < -0.3 is 20.1 Å². The van der Waals surface area contributed by atoms with Crippen LogP contribution in [0.25, 0.3) is 0 Å². The van der Waals surface area contributed by atoms with Gasteiger partial charge in [0, 0.05) is 20.2 Å². The molecule has 0 heterocycles. The third-order valence-electron chi connectivity index (χ3n) is 1.54. The van der Waals surface area contributed by atoms with Gasteiger partial charge in [-0.2, -0.15) is 0 Å². The van der Waals surface area contributed by atoms with Crippen molar-refractivity contribution in [2.24, 2.45) is 5.92 Å². The van der Waals surface area contributed by atoms with E-state index in [0.29, 0.717) is 25.6 Å². The summed E-state index contributed by atoms with van der Waals surface area (Å²) in [4.78, 5) is 22.0. The fourth-order valence-corrected chi connectivity index (χ4v) is 0.842. The van der Waals surface area contributed by atoms with Crippen LogP contribution in [0, 0.1) is 5.92 Å². The number of amides is 2. The van der Waals surface area contributed by atoms with Gasteiger partial charge in [0.2, 0.25) is 5.91 Å². The minimum atomic E-state index is -0.463. The highest BCUT2D eigenvalue weighted by Gasteiger charge is 2.03. The molecule has 0 unspecified atom stereocenters. The summed E-state index contributed by atoms with van der Waals surface area (Å²) in [6.45, 7) is 5.03. The van der Waals surface area contributed by atoms with Crippen molar-refractivity contribution in [2.45, 2.75) is 13.8 Å². The van der Waals surface area contributed by atoms with Crippen molar-refractivity contribution >= 4 is 12.0 Å². The summed E-state index contributed by atoms with van der Waals surface area (Å²) >= 11 is 0. The number of methoxy groups -OCH3 is 1. The van der Waals surface area contributed by atoms with Crippen LogP contribution < -0.4 is 10.6 Å². The zero-order valence-electron chi connectivity index (χ0n) is 10.0. The highest BCUT2D eigenvalue weighted by molar-refractivity contribution is 5.77. The molecule has 0 aromatic heterocycles. The standard InChI is InChI=1S/C10H20N2O4/c1-8(2)6-16-10(14)12-5-4-11-9(13)7-15-3/h8H,4-7H2,1-3H3,(H,11,13)(H,12,14). The molecule has 0 saturated heterocycles. The van der Waals surface area contributed by atoms with E-state index < -0.39 is 6.09 Å². The van der Waals surface area contributed by atoms with Crippen molar-refractivity contribution in [1.82, 2.24) is 10.6 Å². The van der Waals surface area contributed by atoms with Crippen molar-refractivity contribution in [3.63, 3.8) is 0 Å². The summed E-state index contributed by atoms with van der Waals surface area (Å²) in [5.41, 5.74) is 0. The maximum Gasteiger partial charge on any atom is 0.407 e. The SMILES string of the molecule is COCC(=O)NCCNC(=O)OCC(C)C. The van der Waals surface area contributed by atoms with Crippen LogP contribution in [0.4, 0.5) is 4.79 Å². The molecule has 6 heteroatoms. The third kappa shape index (κ3) is 9.26. The number of carbonyl (C=O) groups excluding carboxylic acids is 2. The molecule has 0 aliphatic carbocycles. The van der Waals surface area contributed by atoms with Gasteiger partial charge in [0.05, 0.1) is 6.61 Å². The molecule has 0 rings (SSSR count). The Morgan fingerprint density at radius 1 is 1.19 bits per heavy atom. The van der Waals surface area contributed by atoms with Crippen LogP contribution in [0.15, 0.2) is 0 Å². The molecule has 0 atom stereocenters. The van der Waals surface area contributed by atoms with Gasteiger partial charge in [0.1, 0.15) is 6.61 Å². The van der Waals surface area contributed by atoms with Gasteiger partial charge in [0.15, 0.2) is 0 Å². The minimum Gasteiger partial charge on any atom is -0.449 e. The van der Waals surface area contributed by atoms with E-state index in [2.05, 4.69) is 15.4 Å². The zero-order chi connectivity index (χ0) is 12.4. The minimum absolute atomic E-state index is 0.0256. The Morgan fingerprint density at radius 2 is 1.81 bits per heavy atom. The van der Waals surface area contributed by atoms with Crippen LogP contribution in [0.5, 0.6) is 0 Å². The lowest BCUT2D eigenvalue weighted by Crippen LogP contribution is -2.36.